The lowest BCUT2D eigenvalue weighted by atomic mass is 10.0. The second kappa shape index (κ2) is 18.5. The van der Waals surface area contributed by atoms with E-state index in [0.717, 1.165) is 74.1 Å². The second-order valence-electron chi connectivity index (χ2n) is 20.1. The van der Waals surface area contributed by atoms with Gasteiger partial charge in [0.25, 0.3) is 0 Å². The normalized spacial score (nSPS) is 20.1. The Bertz CT molecular complexity index is 3690. The highest BCUT2D eigenvalue weighted by molar-refractivity contribution is 6.12. The minimum absolute atomic E-state index is 0.115. The largest absolute Gasteiger partial charge is 0.339 e. The molecule has 12 aromatic rings. The maximum Gasteiger partial charge on any atom is 0.136 e. The fraction of sp³-hybridized carbons (Fsp3) is 0.104. The summed E-state index contributed by atoms with van der Waals surface area (Å²) in [4.78, 5) is 4.64. The lowest BCUT2D eigenvalue weighted by molar-refractivity contribution is -0.0615. The van der Waals surface area contributed by atoms with E-state index in [2.05, 4.69) is 290 Å². The van der Waals surface area contributed by atoms with Crippen molar-refractivity contribution in [3.05, 3.63) is 266 Å². The van der Waals surface area contributed by atoms with Crippen molar-refractivity contribution in [3.63, 3.8) is 0 Å². The van der Waals surface area contributed by atoms with Crippen molar-refractivity contribution >= 4 is 77.7 Å². The van der Waals surface area contributed by atoms with Crippen LogP contribution in [0.2, 0.25) is 0 Å². The summed E-state index contributed by atoms with van der Waals surface area (Å²) in [6.45, 7) is 0. The molecule has 0 radical (unpaired) electrons. The maximum atomic E-state index is 6.73. The van der Waals surface area contributed by atoms with Gasteiger partial charge < -0.3 is 28.4 Å². The SMILES string of the molecule is c1ccc(N(c2ccccc2)c2ccc3c(c2)c2ccccc2n3-c2ccc(C3NC4CC5NC(c6ccc(-n7c8ccccc8c8cc(N(c9ccccc9)c9ccccc9)ccc87)cc6)OC5NC4O3)cc2)cc1. The molecule has 6 unspecified atom stereocenters. The van der Waals surface area contributed by atoms with Crippen LogP contribution in [-0.2, 0) is 9.47 Å². The monoisotopic (exact) mass is 987 g/mol. The first-order valence-corrected chi connectivity index (χ1v) is 26.3. The summed E-state index contributed by atoms with van der Waals surface area (Å²) in [7, 11) is 0. The number of ether oxygens (including phenoxy) is 2. The summed E-state index contributed by atoms with van der Waals surface area (Å²) < 4.78 is 18.2. The number of para-hydroxylation sites is 6. The van der Waals surface area contributed by atoms with E-state index in [9.17, 15) is 0 Å². The van der Waals surface area contributed by atoms with E-state index >= 15 is 0 Å². The zero-order valence-electron chi connectivity index (χ0n) is 41.5. The lowest BCUT2D eigenvalue weighted by Gasteiger charge is -2.32. The van der Waals surface area contributed by atoms with E-state index in [4.69, 9.17) is 9.47 Å². The zero-order chi connectivity index (χ0) is 50.1. The molecule has 0 bridgehead atoms. The average molecular weight is 988 g/mol. The van der Waals surface area contributed by atoms with Gasteiger partial charge in [-0.1, -0.05) is 133 Å². The Labute approximate surface area is 440 Å². The molecular weight excluding hydrogens is 935 g/mol. The van der Waals surface area contributed by atoms with Gasteiger partial charge in [0.1, 0.15) is 24.9 Å². The van der Waals surface area contributed by atoms with Crippen molar-refractivity contribution in [2.24, 2.45) is 0 Å². The third-order valence-corrected chi connectivity index (χ3v) is 15.7. The fourth-order valence-corrected chi connectivity index (χ4v) is 12.2. The predicted molar refractivity (Wildman–Crippen MR) is 308 cm³/mol. The van der Waals surface area contributed by atoms with Gasteiger partial charge in [0.05, 0.1) is 34.2 Å². The van der Waals surface area contributed by atoms with Crippen molar-refractivity contribution in [1.29, 1.82) is 0 Å². The number of anilines is 6. The lowest BCUT2D eigenvalue weighted by Crippen LogP contribution is -2.58. The summed E-state index contributed by atoms with van der Waals surface area (Å²) in [6.07, 6.45) is 0.00168. The summed E-state index contributed by atoms with van der Waals surface area (Å²) in [5.41, 5.74) is 15.7. The number of aromatic nitrogens is 2. The molecule has 6 atom stereocenters. The molecule has 0 saturated carbocycles. The molecule has 0 aliphatic carbocycles. The predicted octanol–water partition coefficient (Wildman–Crippen LogP) is 15.1. The van der Waals surface area contributed by atoms with E-state index < -0.39 is 0 Å². The summed E-state index contributed by atoms with van der Waals surface area (Å²) >= 11 is 0. The molecule has 0 amide bonds. The van der Waals surface area contributed by atoms with Crippen LogP contribution < -0.4 is 25.8 Å². The summed E-state index contributed by atoms with van der Waals surface area (Å²) in [5, 5.41) is 16.2. The Kier molecular flexibility index (Phi) is 10.9. The number of nitrogens with zero attached hydrogens (tertiary/aromatic N) is 4. The van der Waals surface area contributed by atoms with E-state index in [1.165, 1.54) is 32.6 Å². The molecule has 5 heterocycles. The molecule has 15 rings (SSSR count). The van der Waals surface area contributed by atoms with Gasteiger partial charge in [-0.05, 0) is 139 Å². The number of piperidine rings is 1. The minimum atomic E-state index is -0.250. The minimum Gasteiger partial charge on any atom is -0.339 e. The Morgan fingerprint density at radius 2 is 0.658 bits per heavy atom. The number of hydrogen-bond donors (Lipinski definition) is 3. The van der Waals surface area contributed by atoms with Gasteiger partial charge in [-0.2, -0.15) is 0 Å². The van der Waals surface area contributed by atoms with E-state index in [1.807, 2.05) is 0 Å². The van der Waals surface area contributed by atoms with Crippen LogP contribution in [0.5, 0.6) is 0 Å². The highest BCUT2D eigenvalue weighted by Crippen LogP contribution is 2.43. The molecule has 0 spiro atoms. The molecule has 3 aliphatic rings. The number of hydrogen-bond acceptors (Lipinski definition) is 7. The quantitative estimate of drug-likeness (QED) is 0.126. The summed E-state index contributed by atoms with van der Waals surface area (Å²) in [5.74, 6) is 0. The third kappa shape index (κ3) is 7.67. The molecule has 2 aromatic heterocycles. The second-order valence-corrected chi connectivity index (χ2v) is 20.1. The first kappa shape index (κ1) is 44.7. The molecule has 3 saturated heterocycles. The molecule has 3 fully saturated rings. The van der Waals surface area contributed by atoms with Crippen molar-refractivity contribution in [3.8, 4) is 11.4 Å². The van der Waals surface area contributed by atoms with Gasteiger partial charge in [0.15, 0.2) is 0 Å². The number of nitrogens with one attached hydrogen (secondary N) is 3. The summed E-state index contributed by atoms with van der Waals surface area (Å²) in [6, 6.07) is 91.3. The van der Waals surface area contributed by atoms with E-state index in [1.54, 1.807) is 0 Å². The Balaban J connectivity index is 0.646. The van der Waals surface area contributed by atoms with Gasteiger partial charge in [-0.3, -0.25) is 16.0 Å². The maximum absolute atomic E-state index is 6.73. The Morgan fingerprint density at radius 3 is 1.04 bits per heavy atom. The van der Waals surface area contributed by atoms with Gasteiger partial charge >= 0.3 is 0 Å². The van der Waals surface area contributed by atoms with Crippen LogP contribution in [0.1, 0.15) is 30.0 Å². The van der Waals surface area contributed by atoms with Crippen LogP contribution in [0, 0.1) is 0 Å². The van der Waals surface area contributed by atoms with Gasteiger partial charge in [0.2, 0.25) is 0 Å². The fourth-order valence-electron chi connectivity index (χ4n) is 12.2. The van der Waals surface area contributed by atoms with Crippen LogP contribution in [-0.4, -0.2) is 33.7 Å². The number of benzene rings is 10. The molecule has 3 N–H and O–H groups in total. The van der Waals surface area contributed by atoms with Crippen LogP contribution in [0.3, 0.4) is 0 Å². The van der Waals surface area contributed by atoms with Crippen molar-refractivity contribution in [2.45, 2.75) is 43.4 Å². The number of fused-ring (bicyclic) bond motifs is 8. The molecule has 3 aliphatic heterocycles. The standard InChI is InChI=1S/C67H53N7O2/c1-5-17-46(18-6-1)71(47-19-7-2-8-20-47)52-37-39-62-56(41-52)54-25-13-15-27-60(54)73(62)50-33-29-44(30-34-50)64-68-58-43-59-67(70-66(58)75-64)76-65(69-59)45-31-35-51(36-32-45)74-61-28-16-14-26-55(61)57-42-53(38-40-63(57)74)72(48-21-9-3-10-22-48)49-23-11-4-12-24-49/h1-42,58-59,64-70H,43H2. The van der Waals surface area contributed by atoms with Crippen molar-refractivity contribution < 1.29 is 9.47 Å². The highest BCUT2D eigenvalue weighted by Gasteiger charge is 2.48. The van der Waals surface area contributed by atoms with Gasteiger partial charge in [0, 0.05) is 67.0 Å². The Hall–Kier alpha value is -8.80. The molecule has 368 valence electrons. The molecule has 9 heteroatoms. The highest BCUT2D eigenvalue weighted by atomic mass is 16.6. The van der Waals surface area contributed by atoms with Crippen LogP contribution in [0.25, 0.3) is 55.0 Å². The first-order chi connectivity index (χ1) is 37.7. The molecule has 10 aromatic carbocycles. The molecule has 76 heavy (non-hydrogen) atoms. The number of rotatable bonds is 10. The third-order valence-electron chi connectivity index (χ3n) is 15.7. The van der Waals surface area contributed by atoms with Crippen LogP contribution in [0.4, 0.5) is 34.1 Å². The van der Waals surface area contributed by atoms with Crippen LogP contribution >= 0.6 is 0 Å². The zero-order valence-corrected chi connectivity index (χ0v) is 41.5. The topological polar surface area (TPSA) is 70.9 Å². The van der Waals surface area contributed by atoms with Crippen molar-refractivity contribution in [2.75, 3.05) is 9.80 Å². The smallest absolute Gasteiger partial charge is 0.136 e. The molecular formula is C67H53N7O2. The first-order valence-electron chi connectivity index (χ1n) is 26.3. The van der Waals surface area contributed by atoms with Gasteiger partial charge in [-0.15, -0.1) is 0 Å². The van der Waals surface area contributed by atoms with E-state index in [0.29, 0.717) is 0 Å². The van der Waals surface area contributed by atoms with Crippen LogP contribution in [0.15, 0.2) is 255 Å². The molecule has 9 nitrogen and oxygen atoms in total. The van der Waals surface area contributed by atoms with Crippen molar-refractivity contribution in [1.82, 2.24) is 25.1 Å². The van der Waals surface area contributed by atoms with E-state index in [-0.39, 0.29) is 37.0 Å². The van der Waals surface area contributed by atoms with Gasteiger partial charge in [-0.25, -0.2) is 0 Å². The Morgan fingerprint density at radius 1 is 0.316 bits per heavy atom. The average Bonchev–Trinajstić information content (AvgIpc) is 4.32.